The van der Waals surface area contributed by atoms with Gasteiger partial charge in [-0.05, 0) is 24.3 Å². The second kappa shape index (κ2) is 4.70. The molecule has 0 radical (unpaired) electrons. The van der Waals surface area contributed by atoms with Gasteiger partial charge in [0, 0.05) is 13.1 Å². The van der Waals surface area contributed by atoms with E-state index >= 15 is 0 Å². The maximum absolute atomic E-state index is 5.81. The standard InChI is InChI=1S/C16H14N2O3/c1-18-13-5-3-2-4-12(13)17-16(18)9-19-11-6-7-14-15(8-11)21-10-20-14/h2-8H,9-10H2,1H3. The van der Waals surface area contributed by atoms with E-state index in [1.807, 2.05) is 54.1 Å². The molecule has 0 unspecified atom stereocenters. The molecule has 5 heteroatoms. The van der Waals surface area contributed by atoms with E-state index in [0.717, 1.165) is 34.1 Å². The Morgan fingerprint density at radius 1 is 1.14 bits per heavy atom. The van der Waals surface area contributed by atoms with Gasteiger partial charge in [0.1, 0.15) is 18.2 Å². The van der Waals surface area contributed by atoms with Gasteiger partial charge >= 0.3 is 0 Å². The Hall–Kier alpha value is -2.69. The second-order valence-electron chi connectivity index (χ2n) is 4.88. The van der Waals surface area contributed by atoms with E-state index in [0.29, 0.717) is 6.61 Å². The van der Waals surface area contributed by atoms with Crippen LogP contribution in [0, 0.1) is 0 Å². The molecule has 1 aromatic heterocycles. The molecule has 0 N–H and O–H groups in total. The van der Waals surface area contributed by atoms with Gasteiger partial charge < -0.3 is 18.8 Å². The molecule has 0 saturated carbocycles. The largest absolute Gasteiger partial charge is 0.486 e. The molecule has 0 amide bonds. The lowest BCUT2D eigenvalue weighted by molar-refractivity contribution is 0.173. The van der Waals surface area contributed by atoms with Crippen LogP contribution < -0.4 is 14.2 Å². The van der Waals surface area contributed by atoms with Crippen molar-refractivity contribution in [3.63, 3.8) is 0 Å². The van der Waals surface area contributed by atoms with Gasteiger partial charge in [-0.15, -0.1) is 0 Å². The quantitative estimate of drug-likeness (QED) is 0.741. The molecule has 3 aromatic rings. The minimum absolute atomic E-state index is 0.267. The van der Waals surface area contributed by atoms with E-state index in [-0.39, 0.29) is 6.79 Å². The van der Waals surface area contributed by atoms with Gasteiger partial charge in [-0.2, -0.15) is 0 Å². The normalized spacial score (nSPS) is 12.8. The fourth-order valence-electron chi connectivity index (χ4n) is 2.44. The summed E-state index contributed by atoms with van der Waals surface area (Å²) in [7, 11) is 1.99. The Kier molecular flexibility index (Phi) is 2.70. The Labute approximate surface area is 121 Å². The third-order valence-electron chi connectivity index (χ3n) is 3.59. The summed E-state index contributed by atoms with van der Waals surface area (Å²) < 4.78 is 18.5. The van der Waals surface area contributed by atoms with Crippen LogP contribution in [0.15, 0.2) is 42.5 Å². The van der Waals surface area contributed by atoms with Crippen LogP contribution in [0.4, 0.5) is 0 Å². The van der Waals surface area contributed by atoms with Crippen LogP contribution in [0.5, 0.6) is 17.2 Å². The van der Waals surface area contributed by atoms with Crippen molar-refractivity contribution in [1.82, 2.24) is 9.55 Å². The van der Waals surface area contributed by atoms with E-state index in [4.69, 9.17) is 14.2 Å². The van der Waals surface area contributed by atoms with E-state index in [1.54, 1.807) is 0 Å². The van der Waals surface area contributed by atoms with Gasteiger partial charge in [0.25, 0.3) is 0 Å². The lowest BCUT2D eigenvalue weighted by Crippen LogP contribution is -2.03. The maximum Gasteiger partial charge on any atom is 0.231 e. The highest BCUT2D eigenvalue weighted by Crippen LogP contribution is 2.35. The molecule has 2 heterocycles. The van der Waals surface area contributed by atoms with Gasteiger partial charge in [-0.3, -0.25) is 0 Å². The summed E-state index contributed by atoms with van der Waals surface area (Å²) in [5, 5.41) is 0. The number of imidazole rings is 1. The van der Waals surface area contributed by atoms with Crippen molar-refractivity contribution >= 4 is 11.0 Å². The summed E-state index contributed by atoms with van der Waals surface area (Å²) >= 11 is 0. The zero-order chi connectivity index (χ0) is 14.2. The van der Waals surface area contributed by atoms with Crippen molar-refractivity contribution in [2.24, 2.45) is 7.05 Å². The molecule has 21 heavy (non-hydrogen) atoms. The minimum Gasteiger partial charge on any atom is -0.486 e. The summed E-state index contributed by atoms with van der Waals surface area (Å²) in [6, 6.07) is 13.6. The Balaban J connectivity index is 1.57. The number of aromatic nitrogens is 2. The highest BCUT2D eigenvalue weighted by atomic mass is 16.7. The predicted molar refractivity (Wildman–Crippen MR) is 77.6 cm³/mol. The van der Waals surface area contributed by atoms with Crippen molar-refractivity contribution in [2.75, 3.05) is 6.79 Å². The zero-order valence-electron chi connectivity index (χ0n) is 11.6. The molecule has 1 aliphatic rings. The molecule has 0 aliphatic carbocycles. The van der Waals surface area contributed by atoms with Crippen LogP contribution >= 0.6 is 0 Å². The molecule has 106 valence electrons. The number of rotatable bonds is 3. The van der Waals surface area contributed by atoms with Crippen LogP contribution in [0.1, 0.15) is 5.82 Å². The van der Waals surface area contributed by atoms with Crippen LogP contribution in [0.3, 0.4) is 0 Å². The molecule has 0 bridgehead atoms. The lowest BCUT2D eigenvalue weighted by atomic mass is 10.3. The predicted octanol–water partition coefficient (Wildman–Crippen LogP) is 2.88. The molecule has 1 aliphatic heterocycles. The fourth-order valence-corrected chi connectivity index (χ4v) is 2.44. The van der Waals surface area contributed by atoms with Crippen LogP contribution in [0.2, 0.25) is 0 Å². The SMILES string of the molecule is Cn1c(COc2ccc3c(c2)OCO3)nc2ccccc21. The summed E-state index contributed by atoms with van der Waals surface area (Å²) in [5.41, 5.74) is 2.08. The Morgan fingerprint density at radius 2 is 2.00 bits per heavy atom. The fraction of sp³-hybridized carbons (Fsp3) is 0.188. The summed E-state index contributed by atoms with van der Waals surface area (Å²) in [6.45, 7) is 0.675. The number of ether oxygens (including phenoxy) is 3. The molecule has 0 fully saturated rings. The first kappa shape index (κ1) is 12.1. The van der Waals surface area contributed by atoms with Gasteiger partial charge in [0.05, 0.1) is 11.0 Å². The number of para-hydroxylation sites is 2. The Morgan fingerprint density at radius 3 is 2.90 bits per heavy atom. The average molecular weight is 282 g/mol. The van der Waals surface area contributed by atoms with E-state index in [1.165, 1.54) is 0 Å². The molecule has 0 saturated heterocycles. The van der Waals surface area contributed by atoms with Crippen molar-refractivity contribution in [2.45, 2.75) is 6.61 Å². The number of hydrogen-bond acceptors (Lipinski definition) is 4. The second-order valence-corrected chi connectivity index (χ2v) is 4.88. The van der Waals surface area contributed by atoms with Gasteiger partial charge in [-0.1, -0.05) is 12.1 Å². The summed E-state index contributed by atoms with van der Waals surface area (Å²) in [5.74, 6) is 3.10. The first-order chi connectivity index (χ1) is 10.3. The number of hydrogen-bond donors (Lipinski definition) is 0. The van der Waals surface area contributed by atoms with Crippen LogP contribution in [-0.4, -0.2) is 16.3 Å². The van der Waals surface area contributed by atoms with Crippen LogP contribution in [0.25, 0.3) is 11.0 Å². The molecular formula is C16H14N2O3. The first-order valence-electron chi connectivity index (χ1n) is 6.74. The smallest absolute Gasteiger partial charge is 0.231 e. The summed E-state index contributed by atoms with van der Waals surface area (Å²) in [6.07, 6.45) is 0. The molecule has 2 aromatic carbocycles. The number of fused-ring (bicyclic) bond motifs is 2. The third kappa shape index (κ3) is 2.07. The van der Waals surface area contributed by atoms with Crippen molar-refractivity contribution in [3.05, 3.63) is 48.3 Å². The monoisotopic (exact) mass is 282 g/mol. The molecular weight excluding hydrogens is 268 g/mol. The van der Waals surface area contributed by atoms with Gasteiger partial charge in [0.15, 0.2) is 11.5 Å². The number of aryl methyl sites for hydroxylation is 1. The molecule has 5 nitrogen and oxygen atoms in total. The Bertz CT molecular complexity index is 810. The van der Waals surface area contributed by atoms with E-state index in [9.17, 15) is 0 Å². The maximum atomic E-state index is 5.81. The van der Waals surface area contributed by atoms with E-state index < -0.39 is 0 Å². The first-order valence-corrected chi connectivity index (χ1v) is 6.74. The lowest BCUT2D eigenvalue weighted by Gasteiger charge is -2.07. The molecule has 0 spiro atoms. The third-order valence-corrected chi connectivity index (χ3v) is 3.59. The highest BCUT2D eigenvalue weighted by molar-refractivity contribution is 5.75. The molecule has 0 atom stereocenters. The van der Waals surface area contributed by atoms with Crippen molar-refractivity contribution in [3.8, 4) is 17.2 Å². The average Bonchev–Trinajstić information content (AvgIpc) is 3.10. The summed E-state index contributed by atoms with van der Waals surface area (Å²) in [4.78, 5) is 4.58. The number of nitrogens with zero attached hydrogens (tertiary/aromatic N) is 2. The van der Waals surface area contributed by atoms with Crippen molar-refractivity contribution < 1.29 is 14.2 Å². The molecule has 4 rings (SSSR count). The zero-order valence-corrected chi connectivity index (χ0v) is 11.6. The van der Waals surface area contributed by atoms with Crippen LogP contribution in [-0.2, 0) is 13.7 Å². The number of benzene rings is 2. The minimum atomic E-state index is 0.267. The van der Waals surface area contributed by atoms with E-state index in [2.05, 4.69) is 4.98 Å². The van der Waals surface area contributed by atoms with Crippen molar-refractivity contribution in [1.29, 1.82) is 0 Å². The van der Waals surface area contributed by atoms with Gasteiger partial charge in [-0.25, -0.2) is 4.98 Å². The van der Waals surface area contributed by atoms with Gasteiger partial charge in [0.2, 0.25) is 6.79 Å². The topological polar surface area (TPSA) is 45.5 Å². The highest BCUT2D eigenvalue weighted by Gasteiger charge is 2.14.